The summed E-state index contributed by atoms with van der Waals surface area (Å²) in [6.45, 7) is 3.99. The van der Waals surface area contributed by atoms with Crippen LogP contribution in [-0.4, -0.2) is 97.2 Å². The van der Waals surface area contributed by atoms with Crippen molar-refractivity contribution in [3.63, 3.8) is 0 Å². The third kappa shape index (κ3) is 6.83. The molecule has 1 aliphatic heterocycles. The third-order valence-electron chi connectivity index (χ3n) is 6.61. The summed E-state index contributed by atoms with van der Waals surface area (Å²) < 4.78 is 41.7. The van der Waals surface area contributed by atoms with Gasteiger partial charge in [0, 0.05) is 69.1 Å². The van der Waals surface area contributed by atoms with Crippen LogP contribution in [0.15, 0.2) is 43.0 Å². The minimum atomic E-state index is -4.63. The molecule has 0 radical (unpaired) electrons. The fourth-order valence-corrected chi connectivity index (χ4v) is 4.60. The molecule has 0 bridgehead atoms. The molecule has 43 heavy (non-hydrogen) atoms. The first-order valence-electron chi connectivity index (χ1n) is 13.0. The number of halogens is 3. The van der Waals surface area contributed by atoms with Crippen LogP contribution in [0.1, 0.15) is 21.6 Å². The number of hydrogen-bond donors (Lipinski definition) is 5. The van der Waals surface area contributed by atoms with Crippen LogP contribution in [0.25, 0.3) is 16.9 Å². The maximum atomic E-state index is 13.4. The van der Waals surface area contributed by atoms with Crippen molar-refractivity contribution in [2.24, 2.45) is 5.73 Å². The van der Waals surface area contributed by atoms with Gasteiger partial charge in [-0.05, 0) is 30.7 Å². The van der Waals surface area contributed by atoms with Crippen molar-refractivity contribution < 1.29 is 32.7 Å². The van der Waals surface area contributed by atoms with Crippen molar-refractivity contribution in [3.05, 3.63) is 59.8 Å². The summed E-state index contributed by atoms with van der Waals surface area (Å²) in [5.41, 5.74) is 6.66. The molecule has 1 saturated heterocycles. The van der Waals surface area contributed by atoms with Gasteiger partial charge in [0.25, 0.3) is 12.4 Å². The number of carbonyl (C=O) groups excluding carboxylic acids is 2. The molecule has 0 spiro atoms. The minimum absolute atomic E-state index is 0.132. The highest BCUT2D eigenvalue weighted by molar-refractivity contribution is 5.96. The monoisotopic (exact) mass is 602 g/mol. The zero-order chi connectivity index (χ0) is 31.1. The standard InChI is InChI=1S/C25H27F3N10O2.CH2O2/c1-15-12-16(2-3-17(15)23(39)36-8-10-37(11-9-36)24(40)31-5-4-29)34-21-22-32-14-19(38(22)7-6-30-21)18-13-33-35-20(18)25(26,27)28;2-1-3/h2-3,6-7,12-14H,4-5,8-11,29H2,1H3,(H,30,34)(H,31,40)(H,33,35);1H,(H,2,3). The molecular formula is C26H29F3N10O4. The Morgan fingerprint density at radius 1 is 1.16 bits per heavy atom. The van der Waals surface area contributed by atoms with Gasteiger partial charge >= 0.3 is 12.2 Å². The van der Waals surface area contributed by atoms with Crippen LogP contribution in [0.3, 0.4) is 0 Å². The van der Waals surface area contributed by atoms with Gasteiger partial charge in [-0.25, -0.2) is 14.8 Å². The minimum Gasteiger partial charge on any atom is -0.483 e. The van der Waals surface area contributed by atoms with Crippen molar-refractivity contribution in [3.8, 4) is 11.3 Å². The number of piperazine rings is 1. The molecule has 4 heterocycles. The highest BCUT2D eigenvalue weighted by Gasteiger charge is 2.37. The number of rotatable bonds is 6. The fraction of sp³-hybridized carbons (Fsp3) is 0.308. The number of nitrogens with zero attached hydrogens (tertiary/aromatic N) is 6. The van der Waals surface area contributed by atoms with Crippen molar-refractivity contribution >= 4 is 35.6 Å². The summed E-state index contributed by atoms with van der Waals surface area (Å²) in [4.78, 5) is 45.6. The number of hydrogen-bond acceptors (Lipinski definition) is 8. The Labute approximate surface area is 242 Å². The number of benzene rings is 1. The van der Waals surface area contributed by atoms with Gasteiger partial charge < -0.3 is 31.3 Å². The molecule has 0 unspecified atom stereocenters. The average molecular weight is 603 g/mol. The number of H-pyrrole nitrogens is 1. The second-order valence-electron chi connectivity index (χ2n) is 9.32. The number of imidazole rings is 1. The largest absolute Gasteiger partial charge is 0.483 e. The first-order valence-corrected chi connectivity index (χ1v) is 13.0. The van der Waals surface area contributed by atoms with E-state index >= 15 is 0 Å². The third-order valence-corrected chi connectivity index (χ3v) is 6.61. The molecule has 6 N–H and O–H groups in total. The highest BCUT2D eigenvalue weighted by Crippen LogP contribution is 2.36. The van der Waals surface area contributed by atoms with Crippen LogP contribution in [-0.2, 0) is 11.0 Å². The maximum Gasteiger partial charge on any atom is 0.435 e. The number of carbonyl (C=O) groups is 3. The molecule has 17 heteroatoms. The van der Waals surface area contributed by atoms with E-state index in [-0.39, 0.29) is 29.7 Å². The van der Waals surface area contributed by atoms with E-state index in [1.54, 1.807) is 28.0 Å². The number of urea groups is 1. The summed E-state index contributed by atoms with van der Waals surface area (Å²) >= 11 is 0. The lowest BCUT2D eigenvalue weighted by molar-refractivity contribution is -0.140. The smallest absolute Gasteiger partial charge is 0.435 e. The first kappa shape index (κ1) is 30.8. The molecule has 0 atom stereocenters. The number of nitrogens with two attached hydrogens (primary N) is 1. The molecule has 1 aliphatic rings. The van der Waals surface area contributed by atoms with E-state index in [0.29, 0.717) is 62.0 Å². The molecule has 1 aromatic carbocycles. The van der Waals surface area contributed by atoms with Crippen molar-refractivity contribution in [1.82, 2.24) is 39.7 Å². The fourth-order valence-electron chi connectivity index (χ4n) is 4.60. The van der Waals surface area contributed by atoms with Crippen molar-refractivity contribution in [2.75, 3.05) is 44.6 Å². The Hall–Kier alpha value is -5.19. The maximum absolute atomic E-state index is 13.4. The number of aromatic amines is 1. The van der Waals surface area contributed by atoms with E-state index < -0.39 is 11.9 Å². The number of carboxylic acid groups (broad SMARTS) is 1. The molecule has 14 nitrogen and oxygen atoms in total. The summed E-state index contributed by atoms with van der Waals surface area (Å²) in [5, 5.41) is 18.4. The summed E-state index contributed by atoms with van der Waals surface area (Å²) in [6, 6.07) is 5.03. The molecule has 3 amide bonds. The number of fused-ring (bicyclic) bond motifs is 1. The Kier molecular flexibility index (Phi) is 9.44. The molecule has 3 aromatic heterocycles. The Morgan fingerprint density at radius 2 is 1.86 bits per heavy atom. The highest BCUT2D eigenvalue weighted by atomic mass is 19.4. The lowest BCUT2D eigenvalue weighted by Gasteiger charge is -2.35. The summed E-state index contributed by atoms with van der Waals surface area (Å²) in [7, 11) is 0. The van der Waals surface area contributed by atoms with Crippen molar-refractivity contribution in [1.29, 1.82) is 0 Å². The molecular weight excluding hydrogens is 573 g/mol. The van der Waals surface area contributed by atoms with E-state index in [1.807, 2.05) is 6.92 Å². The van der Waals surface area contributed by atoms with Gasteiger partial charge in [0.1, 0.15) is 0 Å². The van der Waals surface area contributed by atoms with Crippen LogP contribution in [0.2, 0.25) is 0 Å². The van der Waals surface area contributed by atoms with Gasteiger partial charge in [-0.1, -0.05) is 0 Å². The van der Waals surface area contributed by atoms with Crippen LogP contribution >= 0.6 is 0 Å². The lowest BCUT2D eigenvalue weighted by Crippen LogP contribution is -2.53. The average Bonchev–Trinajstić information content (AvgIpc) is 3.64. The van der Waals surface area contributed by atoms with Gasteiger partial charge in [0.05, 0.1) is 17.5 Å². The van der Waals surface area contributed by atoms with E-state index in [0.717, 1.165) is 5.56 Å². The summed E-state index contributed by atoms with van der Waals surface area (Å²) in [6.07, 6.45) is 0.850. The molecule has 0 saturated carbocycles. The molecule has 5 rings (SSSR count). The van der Waals surface area contributed by atoms with Gasteiger partial charge in [-0.3, -0.25) is 19.1 Å². The predicted molar refractivity (Wildman–Crippen MR) is 149 cm³/mol. The van der Waals surface area contributed by atoms with E-state index in [2.05, 4.69) is 30.8 Å². The number of aryl methyl sites for hydroxylation is 1. The Bertz CT molecular complexity index is 1600. The van der Waals surface area contributed by atoms with Crippen LogP contribution in [0.5, 0.6) is 0 Å². The molecule has 0 aliphatic carbocycles. The quantitative estimate of drug-likeness (QED) is 0.207. The van der Waals surface area contributed by atoms with Gasteiger partial charge in [0.15, 0.2) is 17.2 Å². The Morgan fingerprint density at radius 3 is 2.51 bits per heavy atom. The number of nitrogens with one attached hydrogen (secondary N) is 3. The van der Waals surface area contributed by atoms with Gasteiger partial charge in [0.2, 0.25) is 0 Å². The van der Waals surface area contributed by atoms with Gasteiger partial charge in [-0.2, -0.15) is 18.3 Å². The molecule has 4 aromatic rings. The van der Waals surface area contributed by atoms with E-state index in [4.69, 9.17) is 15.6 Å². The zero-order valence-electron chi connectivity index (χ0n) is 22.9. The van der Waals surface area contributed by atoms with E-state index in [9.17, 15) is 22.8 Å². The van der Waals surface area contributed by atoms with Crippen LogP contribution < -0.4 is 16.4 Å². The number of anilines is 2. The SMILES string of the molecule is Cc1cc(Nc2nccn3c(-c4c[nH]nc4C(F)(F)F)cnc23)ccc1C(=O)N1CCN(C(=O)NCCN)CC1.O=CO. The molecule has 1 fully saturated rings. The lowest BCUT2D eigenvalue weighted by atomic mass is 10.1. The van der Waals surface area contributed by atoms with E-state index in [1.165, 1.54) is 29.2 Å². The first-order chi connectivity index (χ1) is 20.6. The number of amides is 3. The van der Waals surface area contributed by atoms with Crippen molar-refractivity contribution in [2.45, 2.75) is 13.1 Å². The number of alkyl halides is 3. The number of aromatic nitrogens is 5. The zero-order valence-corrected chi connectivity index (χ0v) is 22.9. The van der Waals surface area contributed by atoms with Crippen LogP contribution in [0.4, 0.5) is 29.5 Å². The predicted octanol–water partition coefficient (Wildman–Crippen LogP) is 2.32. The second-order valence-corrected chi connectivity index (χ2v) is 9.32. The van der Waals surface area contributed by atoms with Gasteiger partial charge in [-0.15, -0.1) is 0 Å². The van der Waals surface area contributed by atoms with Crippen LogP contribution in [0, 0.1) is 6.92 Å². The molecule has 228 valence electrons. The normalized spacial score (nSPS) is 13.3. The summed E-state index contributed by atoms with van der Waals surface area (Å²) in [5.74, 6) is 0.193. The Balaban J connectivity index is 0.00000135. The topological polar surface area (TPSA) is 187 Å². The second kappa shape index (κ2) is 13.2.